The number of aryl methyl sites for hydroxylation is 5. The van der Waals surface area contributed by atoms with Gasteiger partial charge < -0.3 is 0 Å². The molecule has 0 N–H and O–H groups in total. The van der Waals surface area contributed by atoms with Gasteiger partial charge in [0.25, 0.3) is 0 Å². The Balaban J connectivity index is 0.00000171. The molecule has 2 aliphatic rings. The molecule has 0 fully saturated rings. The summed E-state index contributed by atoms with van der Waals surface area (Å²) in [5, 5.41) is 2.51. The number of fused-ring (bicyclic) bond motifs is 4. The number of hydrogen-bond acceptors (Lipinski definition) is 1. The van der Waals surface area contributed by atoms with E-state index in [1.54, 1.807) is 22.3 Å². The molecule has 2 nitrogen and oxygen atoms in total. The predicted octanol–water partition coefficient (Wildman–Crippen LogP) is 6.02. The standard InChI is InChI=1S/C24H24N2S.Ir/c1-25-15-26(22-12-18-8-4-3-7-17(18)11-21(22)25)24-14-20-10-16-6-2-5-9-19(16)13-23(20)27-24;/h10-13,15H,2-9H2,1H3;. The molecule has 0 aliphatic heterocycles. The molecule has 0 saturated heterocycles. The summed E-state index contributed by atoms with van der Waals surface area (Å²) in [5.74, 6) is 0. The van der Waals surface area contributed by atoms with Crippen LogP contribution in [0.1, 0.15) is 47.9 Å². The van der Waals surface area contributed by atoms with Crippen LogP contribution in [0.15, 0.2) is 30.6 Å². The molecule has 4 heteroatoms. The zero-order valence-corrected chi connectivity index (χ0v) is 19.4. The summed E-state index contributed by atoms with van der Waals surface area (Å²) in [7, 11) is 2.17. The van der Waals surface area contributed by atoms with E-state index in [1.165, 1.54) is 77.5 Å². The van der Waals surface area contributed by atoms with Crippen LogP contribution in [0.2, 0.25) is 0 Å². The van der Waals surface area contributed by atoms with Crippen molar-refractivity contribution in [3.8, 4) is 5.00 Å². The molecule has 28 heavy (non-hydrogen) atoms. The fraction of sp³-hybridized carbons (Fsp3) is 0.375. The van der Waals surface area contributed by atoms with E-state index in [0.717, 1.165) is 0 Å². The van der Waals surface area contributed by atoms with Crippen molar-refractivity contribution in [2.75, 3.05) is 0 Å². The van der Waals surface area contributed by atoms with Crippen molar-refractivity contribution in [1.82, 2.24) is 9.13 Å². The number of rotatable bonds is 1. The number of imidazole rings is 1. The average molecular weight is 565 g/mol. The molecule has 0 bridgehead atoms. The normalized spacial score (nSPS) is 16.0. The van der Waals surface area contributed by atoms with Crippen molar-refractivity contribution in [1.29, 1.82) is 0 Å². The van der Waals surface area contributed by atoms with E-state index in [0.29, 0.717) is 0 Å². The molecule has 0 unspecified atom stereocenters. The van der Waals surface area contributed by atoms with E-state index >= 15 is 0 Å². The molecule has 6 rings (SSSR count). The van der Waals surface area contributed by atoms with E-state index in [-0.39, 0.29) is 20.1 Å². The maximum Gasteiger partial charge on any atom is 0.191 e. The first kappa shape index (κ1) is 18.5. The van der Waals surface area contributed by atoms with Crippen LogP contribution in [0.25, 0.3) is 26.1 Å². The number of aromatic nitrogens is 2. The van der Waals surface area contributed by atoms with Gasteiger partial charge in [0.15, 0.2) is 17.4 Å². The maximum atomic E-state index is 3.72. The predicted molar refractivity (Wildman–Crippen MR) is 114 cm³/mol. The molecule has 0 saturated carbocycles. The second kappa shape index (κ2) is 7.09. The molecule has 145 valence electrons. The molecule has 2 heterocycles. The van der Waals surface area contributed by atoms with Gasteiger partial charge in [-0.25, -0.2) is 4.57 Å². The smallest absolute Gasteiger partial charge is 0.191 e. The van der Waals surface area contributed by atoms with Crippen molar-refractivity contribution in [3.63, 3.8) is 0 Å². The molecule has 2 aromatic carbocycles. The first-order valence-electron chi connectivity index (χ1n) is 10.3. The second-order valence-electron chi connectivity index (χ2n) is 8.27. The van der Waals surface area contributed by atoms with Crippen molar-refractivity contribution in [2.24, 2.45) is 7.05 Å². The van der Waals surface area contributed by atoms with Crippen molar-refractivity contribution in [2.45, 2.75) is 51.4 Å². The summed E-state index contributed by atoms with van der Waals surface area (Å²) in [6, 6.07) is 13.4. The molecule has 4 aromatic rings. The Morgan fingerprint density at radius 2 is 1.39 bits per heavy atom. The third-order valence-electron chi connectivity index (χ3n) is 6.48. The van der Waals surface area contributed by atoms with Gasteiger partial charge in [0.05, 0.1) is 0 Å². The van der Waals surface area contributed by atoms with E-state index in [2.05, 4.69) is 52.8 Å². The van der Waals surface area contributed by atoms with E-state index in [9.17, 15) is 0 Å². The fourth-order valence-corrected chi connectivity index (χ4v) is 6.03. The van der Waals surface area contributed by atoms with Crippen LogP contribution >= 0.6 is 11.3 Å². The second-order valence-corrected chi connectivity index (χ2v) is 9.30. The molecule has 2 aromatic heterocycles. The van der Waals surface area contributed by atoms with Gasteiger partial charge in [0, 0.05) is 39.3 Å². The molecule has 2 aliphatic carbocycles. The van der Waals surface area contributed by atoms with E-state index in [4.69, 9.17) is 0 Å². The van der Waals surface area contributed by atoms with Gasteiger partial charge in [-0.1, -0.05) is 22.4 Å². The van der Waals surface area contributed by atoms with Crippen LogP contribution in [0.3, 0.4) is 0 Å². The summed E-state index contributed by atoms with van der Waals surface area (Å²) >= 11 is 1.88. The topological polar surface area (TPSA) is 9.86 Å². The van der Waals surface area contributed by atoms with E-state index in [1.807, 2.05) is 11.3 Å². The molecular formula is C24H24IrN2S. The molecule has 0 spiro atoms. The number of thiophene rings is 1. The maximum absolute atomic E-state index is 3.72. The summed E-state index contributed by atoms with van der Waals surface area (Å²) in [6.07, 6.45) is 12.5. The Kier molecular flexibility index (Phi) is 4.69. The molecule has 0 atom stereocenters. The van der Waals surface area contributed by atoms with E-state index < -0.39 is 0 Å². The van der Waals surface area contributed by atoms with Crippen molar-refractivity contribution in [3.05, 3.63) is 58.9 Å². The van der Waals surface area contributed by atoms with Crippen LogP contribution in [0, 0.1) is 6.07 Å². The van der Waals surface area contributed by atoms with Crippen LogP contribution < -0.4 is 0 Å². The number of benzene rings is 2. The van der Waals surface area contributed by atoms with Crippen LogP contribution in [0.4, 0.5) is 0 Å². The summed E-state index contributed by atoms with van der Waals surface area (Å²) in [4.78, 5) is 0. The van der Waals surface area contributed by atoms with Gasteiger partial charge in [-0.05, 0) is 62.5 Å². The fourth-order valence-electron chi connectivity index (χ4n) is 4.99. The van der Waals surface area contributed by atoms with Gasteiger partial charge in [-0.2, -0.15) is 16.0 Å². The number of hydrogen-bond donors (Lipinski definition) is 0. The monoisotopic (exact) mass is 565 g/mol. The van der Waals surface area contributed by atoms with Crippen LogP contribution in [-0.4, -0.2) is 9.13 Å². The molecular weight excluding hydrogens is 541 g/mol. The Hall–Kier alpha value is -1.48. The van der Waals surface area contributed by atoms with Gasteiger partial charge in [-0.15, -0.1) is 16.9 Å². The summed E-state index contributed by atoms with van der Waals surface area (Å²) in [6.45, 7) is 0. The molecule has 0 amide bonds. The quantitative estimate of drug-likeness (QED) is 0.250. The first-order valence-corrected chi connectivity index (χ1v) is 11.1. The minimum atomic E-state index is 0. The summed E-state index contributed by atoms with van der Waals surface area (Å²) in [5.41, 5.74) is 8.87. The SMILES string of the molecule is Cn1[cH+]n(-c2[c-]c3cc4c(cc3s2)CCCC4)c2cc3c(cc21)CCCC3.[Ir]. The minimum absolute atomic E-state index is 0. The minimum Gasteiger partial charge on any atom is -0.248 e. The van der Waals surface area contributed by atoms with Gasteiger partial charge >= 0.3 is 0 Å². The Bertz CT molecular complexity index is 1160. The van der Waals surface area contributed by atoms with Crippen molar-refractivity contribution < 1.29 is 20.1 Å². The van der Waals surface area contributed by atoms with Gasteiger partial charge in [0.2, 0.25) is 0 Å². The van der Waals surface area contributed by atoms with Crippen molar-refractivity contribution >= 4 is 32.5 Å². The Morgan fingerprint density at radius 3 is 2.07 bits per heavy atom. The number of nitrogens with zero attached hydrogens (tertiary/aromatic N) is 2. The van der Waals surface area contributed by atoms with Crippen LogP contribution in [0.5, 0.6) is 0 Å². The van der Waals surface area contributed by atoms with Gasteiger partial charge in [-0.3, -0.25) is 0 Å². The Labute approximate surface area is 183 Å². The Morgan fingerprint density at radius 1 is 0.821 bits per heavy atom. The average Bonchev–Trinajstić information content (AvgIpc) is 3.25. The summed E-state index contributed by atoms with van der Waals surface area (Å²) < 4.78 is 6.01. The molecule has 1 radical (unpaired) electrons. The zero-order valence-electron chi connectivity index (χ0n) is 16.2. The van der Waals surface area contributed by atoms with Gasteiger partial charge in [0.1, 0.15) is 5.00 Å². The third-order valence-corrected chi connectivity index (χ3v) is 7.53. The first-order chi connectivity index (χ1) is 13.3. The third kappa shape index (κ3) is 2.89. The largest absolute Gasteiger partial charge is 0.248 e. The van der Waals surface area contributed by atoms with Crippen LogP contribution in [-0.2, 0) is 52.8 Å². The zero-order chi connectivity index (χ0) is 18.0.